The smallest absolute Gasteiger partial charge is 0.182 e. The van der Waals surface area contributed by atoms with Crippen molar-refractivity contribution in [3.63, 3.8) is 0 Å². The monoisotopic (exact) mass is 190 g/mol. The largest absolute Gasteiger partial charge is 0.495 e. The molecule has 1 atom stereocenters. The number of nitrogens with two attached hydrogens (primary N) is 1. The molecule has 1 aromatic carbocycles. The molecule has 1 fully saturated rings. The zero-order chi connectivity index (χ0) is 9.97. The predicted molar refractivity (Wildman–Crippen MR) is 55.9 cm³/mol. The molecular weight excluding hydrogens is 176 g/mol. The minimum absolute atomic E-state index is 0.0381. The first-order valence-electron chi connectivity index (χ1n) is 4.72. The molecule has 3 heteroatoms. The lowest BCUT2D eigenvalue weighted by Crippen LogP contribution is -2.08. The Bertz CT molecular complexity index is 342. The van der Waals surface area contributed by atoms with Gasteiger partial charge in [-0.15, -0.1) is 0 Å². The molecule has 3 nitrogen and oxygen atoms in total. The van der Waals surface area contributed by atoms with Gasteiger partial charge < -0.3 is 16.2 Å². The molecule has 4 N–H and O–H groups in total. The number of hydrogen-bond donors (Lipinski definition) is 3. The first-order valence-corrected chi connectivity index (χ1v) is 4.72. The van der Waals surface area contributed by atoms with Crippen molar-refractivity contribution in [2.45, 2.75) is 5.92 Å². The fourth-order valence-electron chi connectivity index (χ4n) is 1.87. The van der Waals surface area contributed by atoms with E-state index in [2.05, 4.69) is 17.4 Å². The second-order valence-electron chi connectivity index (χ2n) is 3.50. The first kappa shape index (κ1) is 9.09. The summed E-state index contributed by atoms with van der Waals surface area (Å²) in [5.41, 5.74) is 7.52. The van der Waals surface area contributed by atoms with Crippen LogP contribution < -0.4 is 11.1 Å². The van der Waals surface area contributed by atoms with Gasteiger partial charge in [-0.05, 0) is 5.56 Å². The molecule has 0 aliphatic carbocycles. The highest BCUT2D eigenvalue weighted by Gasteiger charge is 2.24. The third kappa shape index (κ3) is 1.59. The Kier molecular flexibility index (Phi) is 2.41. The van der Waals surface area contributed by atoms with Gasteiger partial charge in [-0.25, -0.2) is 0 Å². The van der Waals surface area contributed by atoms with Crippen LogP contribution in [-0.2, 0) is 0 Å². The van der Waals surface area contributed by atoms with E-state index in [1.165, 1.54) is 5.56 Å². The van der Waals surface area contributed by atoms with E-state index in [0.29, 0.717) is 6.54 Å². The molecule has 1 heterocycles. The molecule has 74 valence electrons. The zero-order valence-corrected chi connectivity index (χ0v) is 7.90. The van der Waals surface area contributed by atoms with E-state index in [-0.39, 0.29) is 11.8 Å². The van der Waals surface area contributed by atoms with Crippen molar-refractivity contribution in [3.8, 4) is 0 Å². The average Bonchev–Trinajstić information content (AvgIpc) is 2.67. The van der Waals surface area contributed by atoms with Crippen LogP contribution >= 0.6 is 0 Å². The number of aliphatic hydroxyl groups excluding tert-OH is 1. The van der Waals surface area contributed by atoms with Crippen LogP contribution in [0.1, 0.15) is 11.5 Å². The quantitative estimate of drug-likeness (QED) is 0.581. The Balaban J connectivity index is 2.32. The van der Waals surface area contributed by atoms with E-state index in [1.54, 1.807) is 0 Å². The molecule has 0 aromatic heterocycles. The van der Waals surface area contributed by atoms with Gasteiger partial charge in [0.15, 0.2) is 5.88 Å². The van der Waals surface area contributed by atoms with E-state index >= 15 is 0 Å². The van der Waals surface area contributed by atoms with Gasteiger partial charge in [-0.3, -0.25) is 0 Å². The molecule has 1 aromatic rings. The van der Waals surface area contributed by atoms with E-state index in [9.17, 15) is 5.11 Å². The number of aliphatic hydroxyl groups is 1. The zero-order valence-electron chi connectivity index (χ0n) is 7.90. The number of hydrogen-bond acceptors (Lipinski definition) is 3. The molecule has 0 radical (unpaired) electrons. The molecule has 14 heavy (non-hydrogen) atoms. The molecule has 1 aliphatic rings. The minimum atomic E-state index is -0.0381. The van der Waals surface area contributed by atoms with Gasteiger partial charge >= 0.3 is 0 Å². The van der Waals surface area contributed by atoms with Gasteiger partial charge in [-0.2, -0.15) is 0 Å². The van der Waals surface area contributed by atoms with E-state index in [4.69, 9.17) is 5.73 Å². The van der Waals surface area contributed by atoms with Gasteiger partial charge in [0.05, 0.1) is 0 Å². The minimum Gasteiger partial charge on any atom is -0.495 e. The van der Waals surface area contributed by atoms with Crippen LogP contribution in [0.15, 0.2) is 41.8 Å². The molecule has 1 saturated heterocycles. The van der Waals surface area contributed by atoms with Crippen LogP contribution in [0.5, 0.6) is 0 Å². The van der Waals surface area contributed by atoms with Gasteiger partial charge in [-0.1, -0.05) is 30.3 Å². The third-order valence-electron chi connectivity index (χ3n) is 2.62. The Hall–Kier alpha value is -1.48. The summed E-state index contributed by atoms with van der Waals surface area (Å²) in [5.74, 6) is 0.185. The molecule has 1 aliphatic heterocycles. The summed E-state index contributed by atoms with van der Waals surface area (Å²) in [5, 5.41) is 12.5. The topological polar surface area (TPSA) is 58.3 Å². The summed E-state index contributed by atoms with van der Waals surface area (Å²) < 4.78 is 0. The van der Waals surface area contributed by atoms with E-state index in [1.807, 2.05) is 18.2 Å². The average molecular weight is 190 g/mol. The van der Waals surface area contributed by atoms with Crippen LogP contribution in [0.2, 0.25) is 0 Å². The lowest BCUT2D eigenvalue weighted by molar-refractivity contribution is 0.395. The Morgan fingerprint density at radius 2 is 2.07 bits per heavy atom. The van der Waals surface area contributed by atoms with Crippen molar-refractivity contribution in [3.05, 3.63) is 47.4 Å². The highest BCUT2D eigenvalue weighted by Crippen LogP contribution is 2.27. The number of benzene rings is 1. The van der Waals surface area contributed by atoms with Crippen molar-refractivity contribution >= 4 is 0 Å². The highest BCUT2D eigenvalue weighted by molar-refractivity contribution is 5.33. The molecule has 2 rings (SSSR count). The fourth-order valence-corrected chi connectivity index (χ4v) is 1.87. The maximum atomic E-state index is 9.30. The SMILES string of the molecule is N/C(O)=C1\CNCC1c1ccccc1. The molecule has 1 unspecified atom stereocenters. The third-order valence-corrected chi connectivity index (χ3v) is 2.62. The van der Waals surface area contributed by atoms with Crippen LogP contribution in [0.4, 0.5) is 0 Å². The van der Waals surface area contributed by atoms with Crippen LogP contribution in [0.3, 0.4) is 0 Å². The summed E-state index contributed by atoms with van der Waals surface area (Å²) in [6.45, 7) is 1.53. The fraction of sp³-hybridized carbons (Fsp3) is 0.273. The summed E-state index contributed by atoms with van der Waals surface area (Å²) in [7, 11) is 0. The van der Waals surface area contributed by atoms with Gasteiger partial charge in [0.2, 0.25) is 0 Å². The second-order valence-corrected chi connectivity index (χ2v) is 3.50. The van der Waals surface area contributed by atoms with Crippen molar-refractivity contribution in [2.75, 3.05) is 13.1 Å². The maximum Gasteiger partial charge on any atom is 0.182 e. The summed E-state index contributed by atoms with van der Waals surface area (Å²) in [6.07, 6.45) is 0. The number of rotatable bonds is 1. The lowest BCUT2D eigenvalue weighted by Gasteiger charge is -2.11. The van der Waals surface area contributed by atoms with E-state index in [0.717, 1.165) is 12.1 Å². The summed E-state index contributed by atoms with van der Waals surface area (Å²) >= 11 is 0. The Morgan fingerprint density at radius 3 is 2.71 bits per heavy atom. The predicted octanol–water partition coefficient (Wildman–Crippen LogP) is 1.10. The van der Waals surface area contributed by atoms with Crippen LogP contribution in [0.25, 0.3) is 0 Å². The molecule has 0 bridgehead atoms. The second kappa shape index (κ2) is 3.72. The first-order chi connectivity index (χ1) is 6.79. The maximum absolute atomic E-state index is 9.30. The van der Waals surface area contributed by atoms with Crippen molar-refractivity contribution in [2.24, 2.45) is 5.73 Å². The summed E-state index contributed by atoms with van der Waals surface area (Å²) in [6, 6.07) is 10.1. The van der Waals surface area contributed by atoms with Gasteiger partial charge in [0.25, 0.3) is 0 Å². The standard InChI is InChI=1S/C11H14N2O/c12-11(14)10-7-13-6-9(10)8-4-2-1-3-5-8/h1-5,9,13-14H,6-7,12H2/b11-10-. The molecule has 0 saturated carbocycles. The van der Waals surface area contributed by atoms with Crippen molar-refractivity contribution < 1.29 is 5.11 Å². The Morgan fingerprint density at radius 1 is 1.36 bits per heavy atom. The van der Waals surface area contributed by atoms with Crippen molar-refractivity contribution in [1.82, 2.24) is 5.32 Å². The van der Waals surface area contributed by atoms with Gasteiger partial charge in [0.1, 0.15) is 0 Å². The lowest BCUT2D eigenvalue weighted by atomic mass is 9.94. The highest BCUT2D eigenvalue weighted by atomic mass is 16.3. The normalized spacial score (nSPS) is 25.0. The van der Waals surface area contributed by atoms with Crippen LogP contribution in [0, 0.1) is 0 Å². The van der Waals surface area contributed by atoms with Gasteiger partial charge in [0, 0.05) is 24.6 Å². The van der Waals surface area contributed by atoms with Crippen molar-refractivity contribution in [1.29, 1.82) is 0 Å². The summed E-state index contributed by atoms with van der Waals surface area (Å²) in [4.78, 5) is 0. The Labute approximate surface area is 83.2 Å². The van der Waals surface area contributed by atoms with Crippen LogP contribution in [-0.4, -0.2) is 18.2 Å². The molecular formula is C11H14N2O. The van der Waals surface area contributed by atoms with E-state index < -0.39 is 0 Å². The number of nitrogens with one attached hydrogen (secondary N) is 1. The molecule has 0 amide bonds. The molecule has 0 spiro atoms.